The third-order valence-corrected chi connectivity index (χ3v) is 4.04. The zero-order valence-electron chi connectivity index (χ0n) is 10.7. The highest BCUT2D eigenvalue weighted by atomic mass is 16.2. The number of likely N-dealkylation sites (N-methyl/N-ethyl adjacent to an activating group) is 1. The van der Waals surface area contributed by atoms with Crippen molar-refractivity contribution in [2.75, 3.05) is 30.8 Å². The summed E-state index contributed by atoms with van der Waals surface area (Å²) >= 11 is 0. The lowest BCUT2D eigenvalue weighted by Gasteiger charge is -2.35. The fourth-order valence-electron chi connectivity index (χ4n) is 3.04. The lowest BCUT2D eigenvalue weighted by molar-refractivity contribution is -0.127. The van der Waals surface area contributed by atoms with Gasteiger partial charge in [-0.1, -0.05) is 6.07 Å². The summed E-state index contributed by atoms with van der Waals surface area (Å²) in [5, 5.41) is 0. The molecule has 1 amide bonds. The summed E-state index contributed by atoms with van der Waals surface area (Å²) in [4.78, 5) is 16.2. The van der Waals surface area contributed by atoms with Gasteiger partial charge in [-0.3, -0.25) is 4.79 Å². The monoisotopic (exact) mass is 245 g/mol. The minimum absolute atomic E-state index is 0.0100. The van der Waals surface area contributed by atoms with Crippen LogP contribution in [0.25, 0.3) is 0 Å². The van der Waals surface area contributed by atoms with Crippen molar-refractivity contribution in [1.82, 2.24) is 4.90 Å². The van der Waals surface area contributed by atoms with Gasteiger partial charge in [0.1, 0.15) is 6.04 Å². The number of rotatable bonds is 1. The van der Waals surface area contributed by atoms with E-state index in [0.29, 0.717) is 0 Å². The van der Waals surface area contributed by atoms with Gasteiger partial charge in [0.05, 0.1) is 0 Å². The van der Waals surface area contributed by atoms with Gasteiger partial charge in [0.25, 0.3) is 0 Å². The summed E-state index contributed by atoms with van der Waals surface area (Å²) in [6.45, 7) is 1.82. The van der Waals surface area contributed by atoms with Crippen LogP contribution in [0.15, 0.2) is 18.2 Å². The molecule has 1 saturated heterocycles. The molecule has 96 valence electrons. The van der Waals surface area contributed by atoms with Gasteiger partial charge in [-0.25, -0.2) is 0 Å². The van der Waals surface area contributed by atoms with Crippen LogP contribution in [0.5, 0.6) is 0 Å². The van der Waals surface area contributed by atoms with Crippen LogP contribution in [0.3, 0.4) is 0 Å². The van der Waals surface area contributed by atoms with E-state index in [2.05, 4.69) is 11.0 Å². The van der Waals surface area contributed by atoms with E-state index in [1.807, 2.05) is 24.1 Å². The number of nitrogens with zero attached hydrogens (tertiary/aromatic N) is 2. The SMILES string of the molecule is CN1CCC(N2CCCc3ccc(N)cc32)C1=O. The van der Waals surface area contributed by atoms with E-state index in [4.69, 9.17) is 5.73 Å². The Bertz CT molecular complexity index is 486. The number of benzene rings is 1. The fraction of sp³-hybridized carbons (Fsp3) is 0.500. The number of nitrogens with two attached hydrogens (primary N) is 1. The number of fused-ring (bicyclic) bond motifs is 1. The molecule has 0 aromatic heterocycles. The van der Waals surface area contributed by atoms with Crippen LogP contribution in [0.4, 0.5) is 11.4 Å². The molecule has 4 heteroatoms. The third kappa shape index (κ3) is 1.72. The number of hydrogen-bond acceptors (Lipinski definition) is 3. The van der Waals surface area contributed by atoms with E-state index in [1.54, 1.807) is 0 Å². The molecular weight excluding hydrogens is 226 g/mol. The number of carbonyl (C=O) groups is 1. The first-order valence-corrected chi connectivity index (χ1v) is 6.57. The number of hydrogen-bond donors (Lipinski definition) is 1. The number of likely N-dealkylation sites (tertiary alicyclic amines) is 1. The van der Waals surface area contributed by atoms with Gasteiger partial charge < -0.3 is 15.5 Å². The smallest absolute Gasteiger partial charge is 0.245 e. The van der Waals surface area contributed by atoms with Crippen LogP contribution >= 0.6 is 0 Å². The Morgan fingerprint density at radius 1 is 1.33 bits per heavy atom. The Hall–Kier alpha value is -1.71. The van der Waals surface area contributed by atoms with Crippen molar-refractivity contribution in [3.63, 3.8) is 0 Å². The molecule has 0 spiro atoms. The molecule has 2 aliphatic heterocycles. The summed E-state index contributed by atoms with van der Waals surface area (Å²) < 4.78 is 0. The highest BCUT2D eigenvalue weighted by Crippen LogP contribution is 2.33. The number of aryl methyl sites for hydroxylation is 1. The normalized spacial score (nSPS) is 23.4. The van der Waals surface area contributed by atoms with Gasteiger partial charge >= 0.3 is 0 Å². The first-order chi connectivity index (χ1) is 8.66. The first kappa shape index (κ1) is 11.4. The Balaban J connectivity index is 1.96. The molecule has 1 aromatic carbocycles. The molecule has 1 atom stereocenters. The van der Waals surface area contributed by atoms with Crippen molar-refractivity contribution in [2.45, 2.75) is 25.3 Å². The minimum Gasteiger partial charge on any atom is -0.399 e. The first-order valence-electron chi connectivity index (χ1n) is 6.57. The second-order valence-corrected chi connectivity index (χ2v) is 5.25. The molecule has 1 unspecified atom stereocenters. The van der Waals surface area contributed by atoms with Crippen molar-refractivity contribution in [3.8, 4) is 0 Å². The lowest BCUT2D eigenvalue weighted by atomic mass is 9.99. The summed E-state index contributed by atoms with van der Waals surface area (Å²) in [5.41, 5.74) is 9.14. The standard InChI is InChI=1S/C14H19N3O/c1-16-8-6-12(14(16)18)17-7-2-3-10-4-5-11(15)9-13(10)17/h4-5,9,12H,2-3,6-8,15H2,1H3. The third-order valence-electron chi connectivity index (χ3n) is 4.04. The Morgan fingerprint density at radius 3 is 2.89 bits per heavy atom. The summed E-state index contributed by atoms with van der Waals surface area (Å²) in [6.07, 6.45) is 3.12. The number of nitrogen functional groups attached to an aromatic ring is 1. The molecule has 0 bridgehead atoms. The molecule has 4 nitrogen and oxygen atoms in total. The lowest BCUT2D eigenvalue weighted by Crippen LogP contribution is -2.43. The molecule has 2 aliphatic rings. The number of anilines is 2. The van der Waals surface area contributed by atoms with Crippen molar-refractivity contribution in [1.29, 1.82) is 0 Å². The zero-order chi connectivity index (χ0) is 12.7. The second-order valence-electron chi connectivity index (χ2n) is 5.25. The van der Waals surface area contributed by atoms with Crippen molar-refractivity contribution in [2.24, 2.45) is 0 Å². The highest BCUT2D eigenvalue weighted by molar-refractivity contribution is 5.87. The van der Waals surface area contributed by atoms with Crippen molar-refractivity contribution >= 4 is 17.3 Å². The Kier molecular flexibility index (Phi) is 2.65. The molecule has 2 N–H and O–H groups in total. The van der Waals surface area contributed by atoms with Gasteiger partial charge in [-0.2, -0.15) is 0 Å². The second kappa shape index (κ2) is 4.19. The predicted octanol–water partition coefficient (Wildman–Crippen LogP) is 1.25. The van der Waals surface area contributed by atoms with Gasteiger partial charge in [0, 0.05) is 31.5 Å². The number of amides is 1. The van der Waals surface area contributed by atoms with E-state index in [0.717, 1.165) is 43.7 Å². The van der Waals surface area contributed by atoms with Gasteiger partial charge in [0.15, 0.2) is 0 Å². The topological polar surface area (TPSA) is 49.6 Å². The molecular formula is C14H19N3O. The average molecular weight is 245 g/mol. The minimum atomic E-state index is 0.0100. The maximum Gasteiger partial charge on any atom is 0.245 e. The molecule has 1 aromatic rings. The summed E-state index contributed by atoms with van der Waals surface area (Å²) in [7, 11) is 1.88. The van der Waals surface area contributed by atoms with E-state index < -0.39 is 0 Å². The maximum absolute atomic E-state index is 12.2. The zero-order valence-corrected chi connectivity index (χ0v) is 10.7. The van der Waals surface area contributed by atoms with Crippen molar-refractivity contribution in [3.05, 3.63) is 23.8 Å². The van der Waals surface area contributed by atoms with E-state index in [9.17, 15) is 4.79 Å². The highest BCUT2D eigenvalue weighted by Gasteiger charge is 2.35. The van der Waals surface area contributed by atoms with E-state index in [1.165, 1.54) is 5.56 Å². The van der Waals surface area contributed by atoms with Crippen LogP contribution in [0, 0.1) is 0 Å². The maximum atomic E-state index is 12.2. The molecule has 3 rings (SSSR count). The summed E-state index contributed by atoms with van der Waals surface area (Å²) in [5.74, 6) is 0.241. The van der Waals surface area contributed by atoms with Crippen LogP contribution < -0.4 is 10.6 Å². The fourth-order valence-corrected chi connectivity index (χ4v) is 3.04. The van der Waals surface area contributed by atoms with Gasteiger partial charge in [0.2, 0.25) is 5.91 Å². The van der Waals surface area contributed by atoms with Gasteiger partial charge in [-0.05, 0) is 37.0 Å². The average Bonchev–Trinajstić information content (AvgIpc) is 2.69. The van der Waals surface area contributed by atoms with Crippen LogP contribution in [-0.4, -0.2) is 37.0 Å². The molecule has 0 aliphatic carbocycles. The Morgan fingerprint density at radius 2 is 2.17 bits per heavy atom. The van der Waals surface area contributed by atoms with E-state index >= 15 is 0 Å². The van der Waals surface area contributed by atoms with Crippen LogP contribution in [-0.2, 0) is 11.2 Å². The molecule has 2 heterocycles. The largest absolute Gasteiger partial charge is 0.399 e. The molecule has 1 fully saturated rings. The quantitative estimate of drug-likeness (QED) is 0.758. The molecule has 0 radical (unpaired) electrons. The molecule has 18 heavy (non-hydrogen) atoms. The van der Waals surface area contributed by atoms with Crippen molar-refractivity contribution < 1.29 is 4.79 Å². The van der Waals surface area contributed by atoms with Gasteiger partial charge in [-0.15, -0.1) is 0 Å². The van der Waals surface area contributed by atoms with Crippen LogP contribution in [0.1, 0.15) is 18.4 Å². The molecule has 0 saturated carbocycles. The summed E-state index contributed by atoms with van der Waals surface area (Å²) in [6, 6.07) is 6.07. The Labute approximate surface area is 107 Å². The number of carbonyl (C=O) groups excluding carboxylic acids is 1. The van der Waals surface area contributed by atoms with E-state index in [-0.39, 0.29) is 11.9 Å². The van der Waals surface area contributed by atoms with Crippen LogP contribution in [0.2, 0.25) is 0 Å². The predicted molar refractivity (Wildman–Crippen MR) is 72.6 cm³/mol.